The van der Waals surface area contributed by atoms with E-state index in [-0.39, 0.29) is 5.41 Å². The Kier molecular flexibility index (Phi) is 1.15. The van der Waals surface area contributed by atoms with Crippen molar-refractivity contribution in [3.8, 4) is 0 Å². The van der Waals surface area contributed by atoms with Crippen LogP contribution >= 0.6 is 0 Å². The summed E-state index contributed by atoms with van der Waals surface area (Å²) in [5, 5.41) is 9.97. The molecule has 0 radical (unpaired) electrons. The molecule has 3 N–H and O–H groups in total. The predicted molar refractivity (Wildman–Crippen MR) is 39.5 cm³/mol. The van der Waals surface area contributed by atoms with E-state index in [1.807, 2.05) is 0 Å². The summed E-state index contributed by atoms with van der Waals surface area (Å²) in [6.07, 6.45) is 5.74. The van der Waals surface area contributed by atoms with Gasteiger partial charge in [0.1, 0.15) is 0 Å². The van der Waals surface area contributed by atoms with Gasteiger partial charge in [-0.15, -0.1) is 0 Å². The second-order valence-corrected chi connectivity index (χ2v) is 3.87. The van der Waals surface area contributed by atoms with Gasteiger partial charge in [-0.25, -0.2) is 0 Å². The summed E-state index contributed by atoms with van der Waals surface area (Å²) in [7, 11) is 0. The quantitative estimate of drug-likeness (QED) is 0.563. The van der Waals surface area contributed by atoms with E-state index in [2.05, 4.69) is 0 Å². The van der Waals surface area contributed by atoms with Crippen LogP contribution in [-0.2, 0) is 0 Å². The van der Waals surface area contributed by atoms with E-state index < -0.39 is 5.60 Å². The zero-order valence-electron chi connectivity index (χ0n) is 6.27. The van der Waals surface area contributed by atoms with E-state index in [0.29, 0.717) is 6.54 Å². The molecule has 0 aromatic rings. The molecule has 2 aliphatic carbocycles. The molecule has 0 bridgehead atoms. The third-order valence-electron chi connectivity index (χ3n) is 3.42. The SMILES string of the molecule is NCC1(O)CCCC12CC2. The van der Waals surface area contributed by atoms with Gasteiger partial charge in [0.2, 0.25) is 0 Å². The minimum Gasteiger partial charge on any atom is -0.388 e. The summed E-state index contributed by atoms with van der Waals surface area (Å²) < 4.78 is 0. The Morgan fingerprint density at radius 3 is 2.30 bits per heavy atom. The normalized spacial score (nSPS) is 42.6. The van der Waals surface area contributed by atoms with Gasteiger partial charge < -0.3 is 10.8 Å². The van der Waals surface area contributed by atoms with Crippen molar-refractivity contribution in [2.24, 2.45) is 11.1 Å². The molecule has 58 valence electrons. The number of hydrogen-bond donors (Lipinski definition) is 2. The zero-order valence-corrected chi connectivity index (χ0v) is 6.27. The molecule has 10 heavy (non-hydrogen) atoms. The molecule has 0 aliphatic heterocycles. The van der Waals surface area contributed by atoms with E-state index in [1.165, 1.54) is 25.7 Å². The van der Waals surface area contributed by atoms with E-state index in [9.17, 15) is 5.11 Å². The Morgan fingerprint density at radius 2 is 1.90 bits per heavy atom. The minimum atomic E-state index is -0.479. The highest BCUT2D eigenvalue weighted by molar-refractivity contribution is 5.12. The van der Waals surface area contributed by atoms with Crippen molar-refractivity contribution in [2.45, 2.75) is 37.7 Å². The number of rotatable bonds is 1. The summed E-state index contributed by atoms with van der Waals surface area (Å²) in [6, 6.07) is 0. The summed E-state index contributed by atoms with van der Waals surface area (Å²) in [4.78, 5) is 0. The Morgan fingerprint density at radius 1 is 1.20 bits per heavy atom. The molecule has 0 aromatic carbocycles. The average molecular weight is 141 g/mol. The van der Waals surface area contributed by atoms with Gasteiger partial charge >= 0.3 is 0 Å². The highest BCUT2D eigenvalue weighted by atomic mass is 16.3. The van der Waals surface area contributed by atoms with Gasteiger partial charge in [0, 0.05) is 12.0 Å². The molecule has 0 amide bonds. The lowest BCUT2D eigenvalue weighted by Gasteiger charge is -2.28. The first kappa shape index (κ1) is 6.62. The van der Waals surface area contributed by atoms with Crippen LogP contribution in [0, 0.1) is 5.41 Å². The third kappa shape index (κ3) is 0.611. The first-order valence-corrected chi connectivity index (χ1v) is 4.15. The molecular weight excluding hydrogens is 126 g/mol. The topological polar surface area (TPSA) is 46.2 Å². The lowest BCUT2D eigenvalue weighted by molar-refractivity contribution is -0.00151. The highest BCUT2D eigenvalue weighted by Crippen LogP contribution is 2.62. The molecule has 1 unspecified atom stereocenters. The van der Waals surface area contributed by atoms with Crippen molar-refractivity contribution in [1.82, 2.24) is 0 Å². The second kappa shape index (κ2) is 1.74. The average Bonchev–Trinajstić information content (AvgIpc) is 2.61. The molecule has 0 heterocycles. The van der Waals surface area contributed by atoms with Gasteiger partial charge in [0.05, 0.1) is 5.60 Å². The minimum absolute atomic E-state index is 0.280. The standard InChI is InChI=1S/C8H15NO/c9-6-8(10)3-1-2-7(8)4-5-7/h10H,1-6,9H2. The first-order valence-electron chi connectivity index (χ1n) is 4.15. The van der Waals surface area contributed by atoms with Gasteiger partial charge in [-0.2, -0.15) is 0 Å². The van der Waals surface area contributed by atoms with Gasteiger partial charge in [-0.05, 0) is 32.1 Å². The molecule has 1 spiro atoms. The molecule has 2 aliphatic rings. The molecule has 0 aromatic heterocycles. The van der Waals surface area contributed by atoms with E-state index >= 15 is 0 Å². The molecule has 2 fully saturated rings. The van der Waals surface area contributed by atoms with Gasteiger partial charge in [-0.1, -0.05) is 0 Å². The van der Waals surface area contributed by atoms with Crippen LogP contribution in [0.5, 0.6) is 0 Å². The molecule has 2 rings (SSSR count). The molecular formula is C8H15NO. The summed E-state index contributed by atoms with van der Waals surface area (Å²) >= 11 is 0. The van der Waals surface area contributed by atoms with Gasteiger partial charge in [0.25, 0.3) is 0 Å². The van der Waals surface area contributed by atoms with Crippen molar-refractivity contribution in [1.29, 1.82) is 0 Å². The maximum Gasteiger partial charge on any atom is 0.0825 e. The Balaban J connectivity index is 2.20. The van der Waals surface area contributed by atoms with Crippen LogP contribution < -0.4 is 5.73 Å². The zero-order chi connectivity index (χ0) is 7.24. The molecule has 1 atom stereocenters. The van der Waals surface area contributed by atoms with E-state index in [4.69, 9.17) is 5.73 Å². The van der Waals surface area contributed by atoms with Crippen LogP contribution in [-0.4, -0.2) is 17.3 Å². The Bertz CT molecular complexity index is 153. The van der Waals surface area contributed by atoms with Crippen molar-refractivity contribution in [3.63, 3.8) is 0 Å². The smallest absolute Gasteiger partial charge is 0.0825 e. The largest absolute Gasteiger partial charge is 0.388 e. The lowest BCUT2D eigenvalue weighted by Crippen LogP contribution is -2.42. The van der Waals surface area contributed by atoms with Crippen LogP contribution in [0.15, 0.2) is 0 Å². The van der Waals surface area contributed by atoms with Crippen LogP contribution in [0.25, 0.3) is 0 Å². The maximum absolute atomic E-state index is 9.97. The van der Waals surface area contributed by atoms with Crippen molar-refractivity contribution < 1.29 is 5.11 Å². The molecule has 2 saturated carbocycles. The van der Waals surface area contributed by atoms with Crippen molar-refractivity contribution in [2.75, 3.05) is 6.54 Å². The number of nitrogens with two attached hydrogens (primary N) is 1. The van der Waals surface area contributed by atoms with E-state index in [1.54, 1.807) is 0 Å². The van der Waals surface area contributed by atoms with Gasteiger partial charge in [0.15, 0.2) is 0 Å². The van der Waals surface area contributed by atoms with Crippen LogP contribution in [0.4, 0.5) is 0 Å². The van der Waals surface area contributed by atoms with Crippen molar-refractivity contribution in [3.05, 3.63) is 0 Å². The maximum atomic E-state index is 9.97. The van der Waals surface area contributed by atoms with E-state index in [0.717, 1.165) is 6.42 Å². The summed E-state index contributed by atoms with van der Waals surface area (Å²) in [5.74, 6) is 0. The summed E-state index contributed by atoms with van der Waals surface area (Å²) in [5.41, 5.74) is 5.33. The monoisotopic (exact) mass is 141 g/mol. The number of hydrogen-bond acceptors (Lipinski definition) is 2. The van der Waals surface area contributed by atoms with Crippen molar-refractivity contribution >= 4 is 0 Å². The fourth-order valence-electron chi connectivity index (χ4n) is 2.40. The number of aliphatic hydroxyl groups is 1. The van der Waals surface area contributed by atoms with Crippen LogP contribution in [0.3, 0.4) is 0 Å². The highest BCUT2D eigenvalue weighted by Gasteiger charge is 2.60. The lowest BCUT2D eigenvalue weighted by atomic mass is 9.88. The Labute approximate surface area is 61.4 Å². The Hall–Kier alpha value is -0.0800. The van der Waals surface area contributed by atoms with Crippen LogP contribution in [0.2, 0.25) is 0 Å². The van der Waals surface area contributed by atoms with Crippen LogP contribution in [0.1, 0.15) is 32.1 Å². The fourth-order valence-corrected chi connectivity index (χ4v) is 2.40. The fraction of sp³-hybridized carbons (Fsp3) is 1.00. The molecule has 2 nitrogen and oxygen atoms in total. The first-order chi connectivity index (χ1) is 4.72. The predicted octanol–water partition coefficient (Wildman–Crippen LogP) is 0.640. The molecule has 0 saturated heterocycles. The molecule has 2 heteroatoms. The summed E-state index contributed by atoms with van der Waals surface area (Å²) in [6.45, 7) is 0.465. The third-order valence-corrected chi connectivity index (χ3v) is 3.42. The second-order valence-electron chi connectivity index (χ2n) is 3.87. The van der Waals surface area contributed by atoms with Gasteiger partial charge in [-0.3, -0.25) is 0 Å².